The molecule has 8 nitrogen and oxygen atoms in total. The van der Waals surface area contributed by atoms with E-state index >= 15 is 0 Å². The minimum Gasteiger partial charge on any atom is -0.359 e. The minimum absolute atomic E-state index is 0. The van der Waals surface area contributed by atoms with Gasteiger partial charge in [-0.3, -0.25) is 15.0 Å². The predicted octanol–water partition coefficient (Wildman–Crippen LogP) is 2.77. The maximum atomic E-state index is 5.09. The van der Waals surface area contributed by atoms with Gasteiger partial charge in [-0.15, -0.1) is 0 Å². The molecule has 0 aliphatic carbocycles. The molecule has 0 fully saturated rings. The summed E-state index contributed by atoms with van der Waals surface area (Å²) in [4.78, 5) is 33.6. The van der Waals surface area contributed by atoms with Crippen molar-refractivity contribution in [1.82, 2.24) is 39.9 Å². The molecule has 9 heteroatoms. The van der Waals surface area contributed by atoms with E-state index in [0.29, 0.717) is 0 Å². The van der Waals surface area contributed by atoms with Crippen LogP contribution in [-0.2, 0) is 17.1 Å². The van der Waals surface area contributed by atoms with E-state index in [9.17, 15) is 0 Å². The fraction of sp³-hybridized carbons (Fsp3) is 0. The van der Waals surface area contributed by atoms with Gasteiger partial charge in [-0.05, 0) is 72.8 Å². The van der Waals surface area contributed by atoms with E-state index in [-0.39, 0.29) is 17.1 Å². The number of hydrogen-bond acceptors (Lipinski definition) is 4. The molecule has 4 N–H and O–H groups in total. The standard InChI is InChI=1S/C32H20N8.Cu/c1-5-17-21-13-26-30-19(7-3-10-34-30)23(38-26)15-28-32-20(8-4-12-36-32)24(40-28)16-27-31-18(6-2-11-35-31)22(39-27)14-25(37-21)29(17)33-9-1;/h1-16,33,38-40H;. The zero-order chi connectivity index (χ0) is 26.2. The first-order chi connectivity index (χ1) is 19.8. The second kappa shape index (κ2) is 8.89. The zero-order valence-electron chi connectivity index (χ0n) is 21.3. The molecule has 3 aliphatic rings. The Morgan fingerprint density at radius 2 is 1.12 bits per heavy atom. The summed E-state index contributed by atoms with van der Waals surface area (Å²) in [5, 5.41) is 6.79. The molecule has 9 rings (SSSR count). The molecule has 0 atom stereocenters. The van der Waals surface area contributed by atoms with E-state index in [2.05, 4.69) is 68.5 Å². The third-order valence-electron chi connectivity index (χ3n) is 7.64. The third-order valence-corrected chi connectivity index (χ3v) is 7.64. The number of aromatic nitrogens is 8. The monoisotopic (exact) mass is 579 g/mol. The van der Waals surface area contributed by atoms with Crippen molar-refractivity contribution >= 4 is 57.0 Å². The fourth-order valence-corrected chi connectivity index (χ4v) is 5.87. The molecule has 1 radical (unpaired) electrons. The summed E-state index contributed by atoms with van der Waals surface area (Å²) < 4.78 is 0. The van der Waals surface area contributed by atoms with Crippen molar-refractivity contribution in [3.8, 4) is 11.3 Å². The number of nitrogens with one attached hydrogen (secondary N) is 4. The van der Waals surface area contributed by atoms with Crippen molar-refractivity contribution in [1.29, 1.82) is 0 Å². The SMILES string of the molecule is C1=c2[nH]c(c3ncccc23)=Cc2[nH]c(c3ncccc23)C=c2[nH]c(c3ncccc23)=Cc2nc1c1[nH]cccc2-1.[Cu]. The van der Waals surface area contributed by atoms with Crippen molar-refractivity contribution in [3.05, 3.63) is 117 Å². The Labute approximate surface area is 242 Å². The number of H-pyrrole nitrogens is 4. The fourth-order valence-electron chi connectivity index (χ4n) is 5.87. The smallest absolute Gasteiger partial charge is 0.0958 e. The molecule has 3 aliphatic heterocycles. The van der Waals surface area contributed by atoms with Gasteiger partial charge < -0.3 is 19.9 Å². The summed E-state index contributed by atoms with van der Waals surface area (Å²) in [6.07, 6.45) is 15.8. The first-order valence-corrected chi connectivity index (χ1v) is 13.1. The molecule has 41 heavy (non-hydrogen) atoms. The third kappa shape index (κ3) is 3.53. The van der Waals surface area contributed by atoms with Crippen LogP contribution in [-0.4, -0.2) is 39.9 Å². The second-order valence-electron chi connectivity index (χ2n) is 9.97. The summed E-state index contributed by atoms with van der Waals surface area (Å²) in [5.74, 6) is 0. The van der Waals surface area contributed by atoms with E-state index in [1.165, 1.54) is 0 Å². The normalized spacial score (nSPS) is 12.5. The summed E-state index contributed by atoms with van der Waals surface area (Å²) >= 11 is 0. The molecule has 9 heterocycles. The largest absolute Gasteiger partial charge is 0.359 e. The number of fused-ring (bicyclic) bond motifs is 20. The number of rotatable bonds is 0. The molecule has 6 aromatic rings. The van der Waals surface area contributed by atoms with E-state index in [4.69, 9.17) is 19.9 Å². The van der Waals surface area contributed by atoms with Crippen LogP contribution in [0.4, 0.5) is 0 Å². The van der Waals surface area contributed by atoms with E-state index in [1.54, 1.807) is 0 Å². The van der Waals surface area contributed by atoms with Gasteiger partial charge in [0, 0.05) is 63.6 Å². The van der Waals surface area contributed by atoms with E-state index in [1.807, 2.05) is 49.1 Å². The number of nitrogens with zero attached hydrogens (tertiary/aromatic N) is 4. The van der Waals surface area contributed by atoms with Gasteiger partial charge >= 0.3 is 0 Å². The number of hydrogen-bond donors (Lipinski definition) is 4. The first kappa shape index (κ1) is 23.6. The quantitative estimate of drug-likeness (QED) is 0.207. The van der Waals surface area contributed by atoms with Crippen LogP contribution < -0.4 is 21.4 Å². The van der Waals surface area contributed by atoms with Crippen molar-refractivity contribution in [2.24, 2.45) is 0 Å². The zero-order valence-corrected chi connectivity index (χ0v) is 22.3. The molecule has 199 valence electrons. The van der Waals surface area contributed by atoms with Gasteiger partial charge in [-0.1, -0.05) is 0 Å². The molecule has 6 aromatic heterocycles. The van der Waals surface area contributed by atoms with Crippen LogP contribution >= 0.6 is 0 Å². The van der Waals surface area contributed by atoms with Crippen LogP contribution in [0.15, 0.2) is 73.3 Å². The maximum Gasteiger partial charge on any atom is 0.0958 e. The first-order valence-electron chi connectivity index (χ1n) is 13.1. The average molecular weight is 580 g/mol. The Kier molecular flexibility index (Phi) is 5.12. The molecule has 0 unspecified atom stereocenters. The van der Waals surface area contributed by atoms with Gasteiger partial charge in [0.1, 0.15) is 0 Å². The Balaban J connectivity index is 0.00000256. The second-order valence-corrected chi connectivity index (χ2v) is 9.97. The minimum atomic E-state index is 0. The van der Waals surface area contributed by atoms with Gasteiger partial charge in [0.15, 0.2) is 0 Å². The van der Waals surface area contributed by atoms with Crippen molar-refractivity contribution in [3.63, 3.8) is 0 Å². The van der Waals surface area contributed by atoms with Gasteiger partial charge in [-0.25, -0.2) is 4.98 Å². The Bertz CT molecular complexity index is 2340. The predicted molar refractivity (Wildman–Crippen MR) is 156 cm³/mol. The van der Waals surface area contributed by atoms with Crippen molar-refractivity contribution in [2.45, 2.75) is 0 Å². The Morgan fingerprint density at radius 1 is 0.512 bits per heavy atom. The van der Waals surface area contributed by atoms with E-state index < -0.39 is 0 Å². The molecule has 0 saturated carbocycles. The van der Waals surface area contributed by atoms with E-state index in [0.717, 1.165) is 88.1 Å². The van der Waals surface area contributed by atoms with Crippen molar-refractivity contribution < 1.29 is 17.1 Å². The Morgan fingerprint density at radius 3 is 1.88 bits per heavy atom. The molecular formula is C32H20CuN8. The van der Waals surface area contributed by atoms with Crippen LogP contribution in [0.25, 0.3) is 68.3 Å². The van der Waals surface area contributed by atoms with Crippen LogP contribution in [0.1, 0.15) is 22.8 Å². The number of pyridine rings is 4. The summed E-state index contributed by atoms with van der Waals surface area (Å²) in [6, 6.07) is 16.2. The maximum absolute atomic E-state index is 5.09. The molecule has 8 bridgehead atoms. The Hall–Kier alpha value is -5.24. The molecule has 0 aromatic carbocycles. The van der Waals surface area contributed by atoms with Crippen molar-refractivity contribution in [2.75, 3.05) is 0 Å². The number of aromatic amines is 4. The van der Waals surface area contributed by atoms with Crippen LogP contribution in [0.3, 0.4) is 0 Å². The van der Waals surface area contributed by atoms with Gasteiger partial charge in [0.25, 0.3) is 0 Å². The summed E-state index contributed by atoms with van der Waals surface area (Å²) in [6.45, 7) is 0. The molecule has 0 amide bonds. The topological polar surface area (TPSA) is 115 Å². The van der Waals surface area contributed by atoms with Gasteiger partial charge in [0.2, 0.25) is 0 Å². The van der Waals surface area contributed by atoms with Crippen LogP contribution in [0, 0.1) is 0 Å². The molecule has 0 spiro atoms. The van der Waals surface area contributed by atoms with Gasteiger partial charge in [0.05, 0.1) is 66.4 Å². The molecular weight excluding hydrogens is 560 g/mol. The summed E-state index contributed by atoms with van der Waals surface area (Å²) in [5.41, 5.74) is 8.26. The molecule has 0 saturated heterocycles. The average Bonchev–Trinajstić information content (AvgIpc) is 3.73. The van der Waals surface area contributed by atoms with Crippen LogP contribution in [0.5, 0.6) is 0 Å². The van der Waals surface area contributed by atoms with Gasteiger partial charge in [-0.2, -0.15) is 0 Å². The van der Waals surface area contributed by atoms with Crippen LogP contribution in [0.2, 0.25) is 0 Å². The summed E-state index contributed by atoms with van der Waals surface area (Å²) in [7, 11) is 0.